The van der Waals surface area contributed by atoms with Crippen LogP contribution in [0.4, 0.5) is 0 Å². The Morgan fingerprint density at radius 1 is 1.50 bits per heavy atom. The smallest absolute Gasteiger partial charge is 0.0592 e. The molecule has 0 aromatic carbocycles. The number of aliphatic imine (C=N–C) groups is 1. The molecule has 1 aliphatic heterocycles. The highest BCUT2D eigenvalue weighted by molar-refractivity contribution is 6.18. The lowest BCUT2D eigenvalue weighted by molar-refractivity contribution is 0.781. The van der Waals surface area contributed by atoms with Crippen molar-refractivity contribution in [2.45, 2.75) is 19.0 Å². The maximum absolute atomic E-state index is 4.42. The molecule has 0 spiro atoms. The van der Waals surface area contributed by atoms with E-state index < -0.39 is 0 Å². The summed E-state index contributed by atoms with van der Waals surface area (Å²) in [5, 5.41) is 0.128. The van der Waals surface area contributed by atoms with Crippen LogP contribution in [0.5, 0.6) is 0 Å². The first-order valence-electron chi connectivity index (χ1n) is 3.52. The Balaban J connectivity index is 2.97. The highest BCUT2D eigenvalue weighted by Gasteiger charge is 2.16. The molecule has 0 aromatic rings. The van der Waals surface area contributed by atoms with Gasteiger partial charge in [-0.3, -0.25) is 4.99 Å². The lowest BCUT2D eigenvalue weighted by atomic mass is 10.1. The van der Waals surface area contributed by atoms with Crippen molar-refractivity contribution < 1.29 is 0 Å². The molecule has 0 N–H and O–H groups in total. The molecule has 1 atom stereocenters. The summed E-state index contributed by atoms with van der Waals surface area (Å²) < 4.78 is 0. The Morgan fingerprint density at radius 2 is 2.20 bits per heavy atom. The first-order valence-corrected chi connectivity index (χ1v) is 4.52. The summed E-state index contributed by atoms with van der Waals surface area (Å²) in [6.07, 6.45) is 8.05. The van der Waals surface area contributed by atoms with Crippen molar-refractivity contribution in [1.29, 1.82) is 0 Å². The number of rotatable bonds is 0. The lowest BCUT2D eigenvalue weighted by Crippen LogP contribution is -2.23. The second-order valence-corrected chi connectivity index (χ2v) is 5.02. The molecule has 1 heterocycles. The Labute approximate surface area is 65.0 Å². The van der Waals surface area contributed by atoms with Gasteiger partial charge in [-0.05, 0) is 19.9 Å². The molecule has 1 aliphatic rings. The van der Waals surface area contributed by atoms with Crippen LogP contribution in [0.15, 0.2) is 28.8 Å². The average molecular weight is 151 g/mol. The lowest BCUT2D eigenvalue weighted by Gasteiger charge is -2.19. The van der Waals surface area contributed by atoms with E-state index in [1.54, 1.807) is 0 Å². The van der Waals surface area contributed by atoms with Crippen LogP contribution in [0.3, 0.4) is 0 Å². The van der Waals surface area contributed by atoms with E-state index in [1.165, 1.54) is 5.57 Å². The van der Waals surface area contributed by atoms with Crippen LogP contribution in [-0.2, 0) is 0 Å². The highest BCUT2D eigenvalue weighted by Crippen LogP contribution is 2.17. The molecule has 1 unspecified atom stereocenters. The molecule has 1 rings (SSSR count). The van der Waals surface area contributed by atoms with Gasteiger partial charge in [0.25, 0.3) is 0 Å². The minimum atomic E-state index is 0.128. The molecule has 0 fully saturated rings. The Bertz CT molecular complexity index is 211. The van der Waals surface area contributed by atoms with Gasteiger partial charge >= 0.3 is 0 Å². The minimum absolute atomic E-state index is 0.128. The summed E-state index contributed by atoms with van der Waals surface area (Å²) in [6.45, 7) is 4.31. The van der Waals surface area contributed by atoms with Gasteiger partial charge in [-0.15, -0.1) is 0 Å². The van der Waals surface area contributed by atoms with Gasteiger partial charge in [-0.1, -0.05) is 17.7 Å². The zero-order valence-corrected chi connectivity index (χ0v) is 8.76. The van der Waals surface area contributed by atoms with Crippen molar-refractivity contribution in [3.8, 4) is 0 Å². The summed E-state index contributed by atoms with van der Waals surface area (Å²) in [5.74, 6) is 0. The zero-order valence-electron chi connectivity index (χ0n) is 6.76. The van der Waals surface area contributed by atoms with E-state index >= 15 is 0 Å². The fourth-order valence-corrected chi connectivity index (χ4v) is 1.10. The molecule has 0 aliphatic carbocycles. The average Bonchev–Trinajstić information content (AvgIpc) is 1.96. The van der Waals surface area contributed by atoms with Crippen LogP contribution < -0.4 is 0 Å². The van der Waals surface area contributed by atoms with Crippen LogP contribution in [-0.4, -0.2) is 21.6 Å². The van der Waals surface area contributed by atoms with Gasteiger partial charge in [0, 0.05) is 16.5 Å². The molecular weight excluding hydrogens is 138 g/mol. The minimum Gasteiger partial charge on any atom is -0.287 e. The number of hydrogen-bond donors (Lipinski definition) is 0. The van der Waals surface area contributed by atoms with Crippen LogP contribution >= 0.6 is 0 Å². The highest BCUT2D eigenvalue weighted by atomic mass is 28.1. The number of allylic oxidation sites excluding steroid dienone is 3. The molecule has 0 aromatic heterocycles. The second-order valence-electron chi connectivity index (χ2n) is 3.07. The Hall–Kier alpha value is -0.633. The maximum Gasteiger partial charge on any atom is 0.0592 e. The van der Waals surface area contributed by atoms with Crippen LogP contribution in [0.25, 0.3) is 0 Å². The van der Waals surface area contributed by atoms with E-state index in [4.69, 9.17) is 0 Å². The molecule has 0 saturated heterocycles. The fourth-order valence-electron chi connectivity index (χ4n) is 0.785. The van der Waals surface area contributed by atoms with Crippen molar-refractivity contribution in [1.82, 2.24) is 0 Å². The van der Waals surface area contributed by atoms with Crippen molar-refractivity contribution in [2.24, 2.45) is 4.99 Å². The summed E-state index contributed by atoms with van der Waals surface area (Å²) in [7, 11) is 1.09. The number of nitrogens with zero attached hydrogens (tertiary/aromatic N) is 1. The summed E-state index contributed by atoms with van der Waals surface area (Å²) in [5.41, 5.74) is 1.36. The van der Waals surface area contributed by atoms with Crippen LogP contribution in [0.2, 0.25) is 0 Å². The Morgan fingerprint density at radius 3 is 2.90 bits per heavy atom. The molecule has 0 bridgehead atoms. The largest absolute Gasteiger partial charge is 0.287 e. The first-order chi connectivity index (χ1) is 4.63. The SMILES string of the molecule is CC1=CC=CC=NC1(C)[SiH3]. The van der Waals surface area contributed by atoms with Crippen molar-refractivity contribution in [3.63, 3.8) is 0 Å². The molecule has 54 valence electrons. The van der Waals surface area contributed by atoms with E-state index in [-0.39, 0.29) is 5.16 Å². The van der Waals surface area contributed by atoms with Crippen molar-refractivity contribution in [2.75, 3.05) is 0 Å². The third-order valence-corrected chi connectivity index (χ3v) is 2.95. The summed E-state index contributed by atoms with van der Waals surface area (Å²) in [6, 6.07) is 0. The second kappa shape index (κ2) is 2.54. The molecule has 1 nitrogen and oxygen atoms in total. The van der Waals surface area contributed by atoms with Gasteiger partial charge in [0.2, 0.25) is 0 Å². The van der Waals surface area contributed by atoms with Gasteiger partial charge in [-0.2, -0.15) is 0 Å². The van der Waals surface area contributed by atoms with Gasteiger partial charge in [0.05, 0.1) is 5.16 Å². The van der Waals surface area contributed by atoms with E-state index in [1.807, 2.05) is 18.4 Å². The summed E-state index contributed by atoms with van der Waals surface area (Å²) in [4.78, 5) is 4.42. The number of hydrogen-bond acceptors (Lipinski definition) is 1. The van der Waals surface area contributed by atoms with Crippen molar-refractivity contribution in [3.05, 3.63) is 23.8 Å². The predicted octanol–water partition coefficient (Wildman–Crippen LogP) is 0.655. The zero-order chi connectivity index (χ0) is 7.61. The standard InChI is InChI=1S/C8H13NSi/c1-7-5-3-4-6-9-8(7,2)10/h3-6H,1-2,10H3. The molecule has 0 amide bonds. The summed E-state index contributed by atoms with van der Waals surface area (Å²) >= 11 is 0. The Kier molecular flexibility index (Phi) is 1.90. The van der Waals surface area contributed by atoms with Crippen molar-refractivity contribution >= 4 is 16.5 Å². The van der Waals surface area contributed by atoms with Crippen LogP contribution in [0.1, 0.15) is 13.8 Å². The molecule has 2 heteroatoms. The van der Waals surface area contributed by atoms with E-state index in [9.17, 15) is 0 Å². The van der Waals surface area contributed by atoms with Gasteiger partial charge in [-0.25, -0.2) is 0 Å². The first kappa shape index (κ1) is 7.47. The van der Waals surface area contributed by atoms with E-state index in [0.717, 1.165) is 10.2 Å². The molecular formula is C8H13NSi. The van der Waals surface area contributed by atoms with Gasteiger partial charge < -0.3 is 0 Å². The van der Waals surface area contributed by atoms with Crippen LogP contribution in [0, 0.1) is 0 Å². The van der Waals surface area contributed by atoms with Gasteiger partial charge in [0.1, 0.15) is 0 Å². The topological polar surface area (TPSA) is 12.4 Å². The van der Waals surface area contributed by atoms with E-state index in [0.29, 0.717) is 0 Å². The third kappa shape index (κ3) is 1.45. The predicted molar refractivity (Wildman–Crippen MR) is 49.7 cm³/mol. The maximum atomic E-state index is 4.42. The third-order valence-electron chi connectivity index (χ3n) is 1.91. The molecule has 10 heavy (non-hydrogen) atoms. The van der Waals surface area contributed by atoms with Gasteiger partial charge in [0.15, 0.2) is 0 Å². The van der Waals surface area contributed by atoms with E-state index in [2.05, 4.69) is 24.9 Å². The normalized spacial score (nSPS) is 32.0. The quantitative estimate of drug-likeness (QED) is 0.451. The molecule has 0 radical (unpaired) electrons. The monoisotopic (exact) mass is 151 g/mol. The fraction of sp³-hybridized carbons (Fsp3) is 0.375. The molecule has 0 saturated carbocycles.